The lowest BCUT2D eigenvalue weighted by molar-refractivity contribution is -0.155. The first-order valence-electron chi connectivity index (χ1n) is 19.1. The van der Waals surface area contributed by atoms with Crippen molar-refractivity contribution >= 4 is 36.2 Å². The van der Waals surface area contributed by atoms with Crippen molar-refractivity contribution in [1.29, 1.82) is 0 Å². The van der Waals surface area contributed by atoms with Crippen LogP contribution in [0.5, 0.6) is 5.75 Å². The van der Waals surface area contributed by atoms with E-state index < -0.39 is 35.8 Å². The molecular formula is C42H61FN4O7. The zero-order valence-corrected chi connectivity index (χ0v) is 33.3. The Kier molecular flexibility index (Phi) is 16.9. The first-order chi connectivity index (χ1) is 25.4. The Bertz CT molecular complexity index is 1530. The molecule has 0 aliphatic carbocycles. The summed E-state index contributed by atoms with van der Waals surface area (Å²) in [5.74, 6) is -0.207. The number of carbonyl (C=O) groups excluding carboxylic acids is 4. The lowest BCUT2D eigenvalue weighted by Crippen LogP contribution is -2.48. The molecule has 2 fully saturated rings. The van der Waals surface area contributed by atoms with Crippen LogP contribution < -0.4 is 10.1 Å². The lowest BCUT2D eigenvalue weighted by Gasteiger charge is -2.35. The zero-order chi connectivity index (χ0) is 39.9. The molecule has 0 spiro atoms. The predicted octanol–water partition coefficient (Wildman–Crippen LogP) is 7.46. The zero-order valence-electron chi connectivity index (χ0n) is 33.3. The standard InChI is InChI=1S/C42H61FN4O7/c1-30(14-15-33-11-9-13-35(25-33)52-24-20-43)27-44-28-31(2)36(26-38(49)53-41(3,4)5)45-39(50)34-12-10-21-47(29-34)37(48)17-16-32-18-22-46(23-19-32)40(51)54-42(6,7)8/h9,11,13-15,25,27-28,32,34,36H,2,10,12,16-24,26,29H2,1,3-8H3,(H,45,50)/b15-14+,30-27+,44-28-/t34-,36+/m1/s1. The Hall–Kier alpha value is -4.48. The van der Waals surface area contributed by atoms with Crippen molar-refractivity contribution in [2.24, 2.45) is 16.8 Å². The van der Waals surface area contributed by atoms with E-state index in [0.717, 1.165) is 30.4 Å². The summed E-state index contributed by atoms with van der Waals surface area (Å²) in [6, 6.07) is 6.57. The molecule has 1 aromatic carbocycles. The van der Waals surface area contributed by atoms with Gasteiger partial charge in [-0.15, -0.1) is 0 Å². The van der Waals surface area contributed by atoms with Gasteiger partial charge in [-0.2, -0.15) is 0 Å². The number of hydrogen-bond acceptors (Lipinski definition) is 8. The van der Waals surface area contributed by atoms with Crippen LogP contribution in [-0.4, -0.2) is 96.6 Å². The summed E-state index contributed by atoms with van der Waals surface area (Å²) < 4.78 is 28.9. The van der Waals surface area contributed by atoms with Crippen molar-refractivity contribution in [3.63, 3.8) is 0 Å². The average molecular weight is 753 g/mol. The van der Waals surface area contributed by atoms with Gasteiger partial charge in [-0.05, 0) is 115 Å². The highest BCUT2D eigenvalue weighted by atomic mass is 19.1. The number of halogens is 1. The van der Waals surface area contributed by atoms with Crippen LogP contribution >= 0.6 is 0 Å². The number of ether oxygens (including phenoxy) is 3. The fourth-order valence-corrected chi connectivity index (χ4v) is 6.22. The highest BCUT2D eigenvalue weighted by molar-refractivity contribution is 5.87. The molecule has 0 unspecified atom stereocenters. The number of rotatable bonds is 15. The molecule has 2 saturated heterocycles. The van der Waals surface area contributed by atoms with Gasteiger partial charge in [0, 0.05) is 45.0 Å². The van der Waals surface area contributed by atoms with Gasteiger partial charge in [0.05, 0.1) is 18.4 Å². The van der Waals surface area contributed by atoms with Crippen LogP contribution in [0, 0.1) is 11.8 Å². The molecule has 2 aliphatic rings. The quantitative estimate of drug-likeness (QED) is 0.112. The molecule has 1 aromatic rings. The first kappa shape index (κ1) is 43.9. The summed E-state index contributed by atoms with van der Waals surface area (Å²) in [6.45, 7) is 18.5. The van der Waals surface area contributed by atoms with Crippen molar-refractivity contribution < 1.29 is 37.8 Å². The summed E-state index contributed by atoms with van der Waals surface area (Å²) >= 11 is 0. The summed E-state index contributed by atoms with van der Waals surface area (Å²) in [6.07, 6.45) is 10.6. The van der Waals surface area contributed by atoms with E-state index in [1.807, 2.05) is 58.0 Å². The van der Waals surface area contributed by atoms with Crippen LogP contribution in [0.1, 0.15) is 99.0 Å². The van der Waals surface area contributed by atoms with Gasteiger partial charge < -0.3 is 29.3 Å². The van der Waals surface area contributed by atoms with Gasteiger partial charge in [-0.1, -0.05) is 30.9 Å². The van der Waals surface area contributed by atoms with Crippen molar-refractivity contribution in [2.45, 2.75) is 111 Å². The van der Waals surface area contributed by atoms with E-state index >= 15 is 0 Å². The number of hydrogen-bond donors (Lipinski definition) is 1. The summed E-state index contributed by atoms with van der Waals surface area (Å²) in [5.41, 5.74) is 0.909. The van der Waals surface area contributed by atoms with Crippen LogP contribution in [0.15, 0.2) is 59.3 Å². The highest BCUT2D eigenvalue weighted by Gasteiger charge is 2.32. The minimum absolute atomic E-state index is 0.000294. The third kappa shape index (κ3) is 16.3. The Balaban J connectivity index is 1.57. The SMILES string of the molecule is C=C(\C=N/C=C(C)/C=C/c1cccc(OCCF)c1)[C@H](CC(=O)OC(C)(C)C)NC(=O)[C@@H]1CCCN(C(=O)CCC2CCN(C(=O)OC(C)(C)C)CC2)C1. The normalized spacial score (nSPS) is 18.1. The van der Waals surface area contributed by atoms with E-state index in [0.29, 0.717) is 62.7 Å². The van der Waals surface area contributed by atoms with E-state index in [2.05, 4.69) is 16.9 Å². The number of aliphatic imine (C=N–C) groups is 1. The van der Waals surface area contributed by atoms with Gasteiger partial charge in [0.15, 0.2) is 0 Å². The summed E-state index contributed by atoms with van der Waals surface area (Å²) in [5, 5.41) is 3.00. The van der Waals surface area contributed by atoms with Gasteiger partial charge in [0.2, 0.25) is 11.8 Å². The largest absolute Gasteiger partial charge is 0.491 e. The molecule has 0 bridgehead atoms. The van der Waals surface area contributed by atoms with E-state index in [1.165, 1.54) is 6.21 Å². The lowest BCUT2D eigenvalue weighted by atomic mass is 9.91. The van der Waals surface area contributed by atoms with Crippen molar-refractivity contribution in [3.05, 3.63) is 59.8 Å². The summed E-state index contributed by atoms with van der Waals surface area (Å²) in [4.78, 5) is 60.1. The number of alkyl halides is 1. The Labute approximate surface area is 321 Å². The van der Waals surface area contributed by atoms with Crippen molar-refractivity contribution in [1.82, 2.24) is 15.1 Å². The molecule has 3 rings (SSSR count). The molecule has 3 amide bonds. The number of amides is 3. The average Bonchev–Trinajstić information content (AvgIpc) is 3.10. The fraction of sp³-hybridized carbons (Fsp3) is 0.595. The van der Waals surface area contributed by atoms with Crippen LogP contribution in [0.4, 0.5) is 9.18 Å². The van der Waals surface area contributed by atoms with Crippen LogP contribution in [0.25, 0.3) is 6.08 Å². The second kappa shape index (κ2) is 20.8. The molecule has 0 aromatic heterocycles. The summed E-state index contributed by atoms with van der Waals surface area (Å²) in [7, 11) is 0. The van der Waals surface area contributed by atoms with Gasteiger partial charge in [-0.25, -0.2) is 9.18 Å². The number of nitrogens with one attached hydrogen (secondary N) is 1. The number of carbonyl (C=O) groups is 4. The molecule has 2 atom stereocenters. The molecule has 11 nitrogen and oxygen atoms in total. The van der Waals surface area contributed by atoms with Gasteiger partial charge >= 0.3 is 12.1 Å². The fourth-order valence-electron chi connectivity index (χ4n) is 6.22. The maximum absolute atomic E-state index is 13.6. The molecular weight excluding hydrogens is 691 g/mol. The Morgan fingerprint density at radius 2 is 1.72 bits per heavy atom. The minimum Gasteiger partial charge on any atom is -0.491 e. The second-order valence-corrected chi connectivity index (χ2v) is 16.1. The van der Waals surface area contributed by atoms with Crippen molar-refractivity contribution in [3.8, 4) is 5.75 Å². The molecule has 0 saturated carbocycles. The molecule has 0 radical (unpaired) electrons. The van der Waals surface area contributed by atoms with Gasteiger partial charge in [-0.3, -0.25) is 19.4 Å². The molecule has 1 N–H and O–H groups in total. The third-order valence-electron chi connectivity index (χ3n) is 8.99. The van der Waals surface area contributed by atoms with Crippen LogP contribution in [0.2, 0.25) is 0 Å². The topological polar surface area (TPSA) is 127 Å². The second-order valence-electron chi connectivity index (χ2n) is 16.1. The monoisotopic (exact) mass is 752 g/mol. The Morgan fingerprint density at radius 1 is 1.02 bits per heavy atom. The highest BCUT2D eigenvalue weighted by Crippen LogP contribution is 2.25. The van der Waals surface area contributed by atoms with Crippen molar-refractivity contribution in [2.75, 3.05) is 39.5 Å². The number of allylic oxidation sites excluding steroid dienone is 2. The number of benzene rings is 1. The van der Waals surface area contributed by atoms with E-state index in [9.17, 15) is 23.6 Å². The smallest absolute Gasteiger partial charge is 0.410 e. The number of esters is 1. The van der Waals surface area contributed by atoms with Gasteiger partial charge in [0.1, 0.15) is 30.2 Å². The maximum Gasteiger partial charge on any atom is 0.410 e. The van der Waals surface area contributed by atoms with E-state index in [-0.39, 0.29) is 30.9 Å². The predicted molar refractivity (Wildman–Crippen MR) is 210 cm³/mol. The maximum atomic E-state index is 13.6. The van der Waals surface area contributed by atoms with E-state index in [4.69, 9.17) is 14.2 Å². The molecule has 2 heterocycles. The van der Waals surface area contributed by atoms with Crippen LogP contribution in [0.3, 0.4) is 0 Å². The van der Waals surface area contributed by atoms with E-state index in [1.54, 1.807) is 42.8 Å². The number of piperidine rings is 2. The number of likely N-dealkylation sites (tertiary alicyclic amines) is 2. The number of nitrogens with zero attached hydrogens (tertiary/aromatic N) is 3. The first-order valence-corrected chi connectivity index (χ1v) is 19.1. The minimum atomic E-state index is -0.759. The third-order valence-corrected chi connectivity index (χ3v) is 8.99. The molecule has 54 heavy (non-hydrogen) atoms. The molecule has 12 heteroatoms. The molecule has 298 valence electrons. The Morgan fingerprint density at radius 3 is 2.39 bits per heavy atom. The van der Waals surface area contributed by atoms with Gasteiger partial charge in [0.25, 0.3) is 0 Å². The van der Waals surface area contributed by atoms with Crippen LogP contribution in [-0.2, 0) is 23.9 Å². The molecule has 2 aliphatic heterocycles.